The molecule has 0 heterocycles. The van der Waals surface area contributed by atoms with E-state index in [4.69, 9.17) is 4.74 Å². The van der Waals surface area contributed by atoms with E-state index in [2.05, 4.69) is 27.7 Å². The summed E-state index contributed by atoms with van der Waals surface area (Å²) < 4.78 is 5.53. The summed E-state index contributed by atoms with van der Waals surface area (Å²) in [6.45, 7) is 9.92. The van der Waals surface area contributed by atoms with E-state index in [9.17, 15) is 4.79 Å². The zero-order valence-electron chi connectivity index (χ0n) is 10.5. The zero-order chi connectivity index (χ0) is 11.7. The quantitative estimate of drug-likeness (QED) is 0.451. The fourth-order valence-corrected chi connectivity index (χ4v) is 1.79. The lowest BCUT2D eigenvalue weighted by Gasteiger charge is -2.31. The molecular formula is C13H25O2. The monoisotopic (exact) mass is 213 g/mol. The summed E-state index contributed by atoms with van der Waals surface area (Å²) in [6, 6.07) is 0. The van der Waals surface area contributed by atoms with Crippen molar-refractivity contribution in [2.45, 2.75) is 71.3 Å². The Hall–Kier alpha value is -0.530. The van der Waals surface area contributed by atoms with E-state index >= 15 is 0 Å². The lowest BCUT2D eigenvalue weighted by molar-refractivity contribution is -0.160. The third-order valence-electron chi connectivity index (χ3n) is 3.06. The minimum absolute atomic E-state index is 0.171. The molecule has 2 nitrogen and oxygen atoms in total. The zero-order valence-corrected chi connectivity index (χ0v) is 10.5. The van der Waals surface area contributed by atoms with Gasteiger partial charge in [0.1, 0.15) is 5.60 Å². The summed E-state index contributed by atoms with van der Waals surface area (Å²) in [6.07, 6.45) is 6.58. The molecule has 89 valence electrons. The number of carbonyl (C=O) groups excluding carboxylic acids is 1. The van der Waals surface area contributed by atoms with E-state index in [-0.39, 0.29) is 18.0 Å². The predicted molar refractivity (Wildman–Crippen MR) is 63.5 cm³/mol. The van der Waals surface area contributed by atoms with E-state index in [1.807, 2.05) is 0 Å². The number of hydrogen-bond acceptors (Lipinski definition) is 2. The third-order valence-corrected chi connectivity index (χ3v) is 3.06. The molecule has 1 radical (unpaired) electrons. The fraction of sp³-hybridized carbons (Fsp3) is 0.846. The molecule has 0 spiro atoms. The van der Waals surface area contributed by atoms with Crippen molar-refractivity contribution in [1.82, 2.24) is 0 Å². The van der Waals surface area contributed by atoms with Gasteiger partial charge in [-0.3, -0.25) is 4.79 Å². The average molecular weight is 213 g/mol. The van der Waals surface area contributed by atoms with Crippen molar-refractivity contribution in [2.24, 2.45) is 0 Å². The molecule has 15 heavy (non-hydrogen) atoms. The maximum atomic E-state index is 11.3. The van der Waals surface area contributed by atoms with Gasteiger partial charge >= 0.3 is 5.97 Å². The van der Waals surface area contributed by atoms with Gasteiger partial charge in [-0.15, -0.1) is 0 Å². The first kappa shape index (κ1) is 14.5. The summed E-state index contributed by atoms with van der Waals surface area (Å²) in [7, 11) is 0. The molecule has 0 aliphatic carbocycles. The Morgan fingerprint density at radius 3 is 2.20 bits per heavy atom. The highest BCUT2D eigenvalue weighted by Crippen LogP contribution is 2.27. The first-order chi connectivity index (χ1) is 7.14. The van der Waals surface area contributed by atoms with Gasteiger partial charge in [0.25, 0.3) is 0 Å². The molecule has 0 bridgehead atoms. The molecule has 0 fully saturated rings. The van der Waals surface area contributed by atoms with Crippen molar-refractivity contribution in [3.63, 3.8) is 0 Å². The van der Waals surface area contributed by atoms with Gasteiger partial charge in [0.05, 0.1) is 0 Å². The molecule has 0 aromatic carbocycles. The number of hydrogen-bond donors (Lipinski definition) is 0. The van der Waals surface area contributed by atoms with Gasteiger partial charge in [-0.05, 0) is 32.6 Å². The van der Waals surface area contributed by atoms with E-state index < -0.39 is 0 Å². The minimum Gasteiger partial charge on any atom is -0.459 e. The molecule has 0 aromatic rings. The number of unbranched alkanes of at least 4 members (excludes halogenated alkanes) is 2. The van der Waals surface area contributed by atoms with Crippen molar-refractivity contribution in [3.8, 4) is 0 Å². The van der Waals surface area contributed by atoms with Crippen LogP contribution in [0.1, 0.15) is 65.7 Å². The van der Waals surface area contributed by atoms with Gasteiger partial charge in [-0.2, -0.15) is 0 Å². The Kier molecular flexibility index (Phi) is 7.45. The largest absolute Gasteiger partial charge is 0.459 e. The van der Waals surface area contributed by atoms with Gasteiger partial charge in [0.15, 0.2) is 0 Å². The molecule has 0 rings (SSSR count). The first-order valence-corrected chi connectivity index (χ1v) is 6.15. The highest BCUT2D eigenvalue weighted by atomic mass is 16.6. The molecule has 0 aliphatic heterocycles. The lowest BCUT2D eigenvalue weighted by atomic mass is 9.90. The van der Waals surface area contributed by atoms with Crippen LogP contribution in [0.15, 0.2) is 0 Å². The highest BCUT2D eigenvalue weighted by molar-refractivity contribution is 5.70. The third kappa shape index (κ3) is 5.19. The van der Waals surface area contributed by atoms with E-state index in [1.165, 1.54) is 12.8 Å². The Labute approximate surface area is 94.4 Å². The Morgan fingerprint density at radius 1 is 1.20 bits per heavy atom. The Bertz CT molecular complexity index is 171. The molecule has 0 saturated heterocycles. The molecule has 2 heteroatoms. The Balaban J connectivity index is 4.23. The van der Waals surface area contributed by atoms with Crippen molar-refractivity contribution < 1.29 is 9.53 Å². The van der Waals surface area contributed by atoms with Gasteiger partial charge < -0.3 is 4.74 Å². The summed E-state index contributed by atoms with van der Waals surface area (Å²) >= 11 is 0. The standard InChI is InChI=1S/C13H25O2/c1-5-9-10-11-13(7-3,8-4)15-12(14)6-2/h2,5-11H2,1,3-4H3. The van der Waals surface area contributed by atoms with Crippen LogP contribution in [0.25, 0.3) is 0 Å². The lowest BCUT2D eigenvalue weighted by Crippen LogP contribution is -2.33. The van der Waals surface area contributed by atoms with Crippen LogP contribution in [0.3, 0.4) is 0 Å². The number of rotatable bonds is 8. The molecule has 0 N–H and O–H groups in total. The Morgan fingerprint density at radius 2 is 1.80 bits per heavy atom. The summed E-state index contributed by atoms with van der Waals surface area (Å²) in [5.41, 5.74) is -0.232. The van der Waals surface area contributed by atoms with Crippen LogP contribution >= 0.6 is 0 Å². The molecule has 0 aliphatic rings. The minimum atomic E-state index is -0.232. The molecule has 0 amide bonds. The summed E-state index contributed by atoms with van der Waals surface area (Å²) in [5, 5.41) is 0. The van der Waals surface area contributed by atoms with E-state index in [1.54, 1.807) is 0 Å². The van der Waals surface area contributed by atoms with Crippen molar-refractivity contribution >= 4 is 5.97 Å². The van der Waals surface area contributed by atoms with Crippen LogP contribution in [0.4, 0.5) is 0 Å². The first-order valence-electron chi connectivity index (χ1n) is 6.15. The second-order valence-corrected chi connectivity index (χ2v) is 4.07. The fourth-order valence-electron chi connectivity index (χ4n) is 1.79. The van der Waals surface area contributed by atoms with Gasteiger partial charge in [-0.25, -0.2) is 0 Å². The van der Waals surface area contributed by atoms with Crippen LogP contribution in [0.2, 0.25) is 0 Å². The molecule has 0 saturated carbocycles. The maximum Gasteiger partial charge on any atom is 0.306 e. The maximum absolute atomic E-state index is 11.3. The second kappa shape index (κ2) is 7.72. The topological polar surface area (TPSA) is 26.3 Å². The van der Waals surface area contributed by atoms with Gasteiger partial charge in [0.2, 0.25) is 0 Å². The van der Waals surface area contributed by atoms with Crippen LogP contribution in [-0.4, -0.2) is 11.6 Å². The van der Waals surface area contributed by atoms with Crippen LogP contribution in [0, 0.1) is 6.92 Å². The van der Waals surface area contributed by atoms with Crippen molar-refractivity contribution in [2.75, 3.05) is 0 Å². The number of ether oxygens (including phenoxy) is 1. The number of esters is 1. The van der Waals surface area contributed by atoms with Crippen molar-refractivity contribution in [3.05, 3.63) is 6.92 Å². The van der Waals surface area contributed by atoms with Gasteiger partial charge in [-0.1, -0.05) is 33.6 Å². The SMILES string of the molecule is [CH2]CC(=O)OC(CC)(CC)CCCCC. The highest BCUT2D eigenvalue weighted by Gasteiger charge is 2.29. The average Bonchev–Trinajstić information content (AvgIpc) is 2.27. The smallest absolute Gasteiger partial charge is 0.306 e. The van der Waals surface area contributed by atoms with Crippen LogP contribution in [-0.2, 0) is 9.53 Å². The van der Waals surface area contributed by atoms with Crippen LogP contribution < -0.4 is 0 Å². The van der Waals surface area contributed by atoms with E-state index in [0.29, 0.717) is 0 Å². The summed E-state index contributed by atoms with van der Waals surface area (Å²) in [5.74, 6) is -0.171. The molecule has 0 atom stereocenters. The van der Waals surface area contributed by atoms with Gasteiger partial charge in [0, 0.05) is 6.42 Å². The molecule has 0 aromatic heterocycles. The van der Waals surface area contributed by atoms with E-state index in [0.717, 1.165) is 25.7 Å². The normalized spacial score (nSPS) is 11.5. The summed E-state index contributed by atoms with van der Waals surface area (Å²) in [4.78, 5) is 11.3. The number of carbonyl (C=O) groups is 1. The predicted octanol–water partition coefficient (Wildman–Crippen LogP) is 3.89. The second-order valence-electron chi connectivity index (χ2n) is 4.07. The molecular weight excluding hydrogens is 188 g/mol. The van der Waals surface area contributed by atoms with Crippen LogP contribution in [0.5, 0.6) is 0 Å². The van der Waals surface area contributed by atoms with Crippen molar-refractivity contribution in [1.29, 1.82) is 0 Å². The molecule has 0 unspecified atom stereocenters.